The van der Waals surface area contributed by atoms with Crippen LogP contribution in [0, 0.1) is 0 Å². The summed E-state index contributed by atoms with van der Waals surface area (Å²) >= 11 is 0. The molecule has 1 amide bonds. The molecule has 1 aromatic rings. The van der Waals surface area contributed by atoms with Crippen molar-refractivity contribution in [1.82, 2.24) is 5.32 Å². The van der Waals surface area contributed by atoms with Crippen molar-refractivity contribution in [3.05, 3.63) is 42.2 Å². The Balaban J connectivity index is 1.85. The van der Waals surface area contributed by atoms with Crippen LogP contribution in [0.4, 0.5) is 0 Å². The average molecular weight is 243 g/mol. The van der Waals surface area contributed by atoms with E-state index in [1.54, 1.807) is 6.26 Å². The van der Waals surface area contributed by atoms with Gasteiger partial charge in [0.05, 0.1) is 11.8 Å². The Bertz CT molecular complexity index is 473. The Hall–Kier alpha value is -1.77. The van der Waals surface area contributed by atoms with E-state index in [0.717, 1.165) is 31.2 Å². The monoisotopic (exact) mass is 243 g/mol. The summed E-state index contributed by atoms with van der Waals surface area (Å²) in [5, 5.41) is 3.05. The molecule has 1 spiro atoms. The summed E-state index contributed by atoms with van der Waals surface area (Å²) in [6.45, 7) is 0. The van der Waals surface area contributed by atoms with Crippen molar-refractivity contribution in [2.24, 2.45) is 0 Å². The molecule has 1 aromatic carbocycles. The zero-order valence-corrected chi connectivity index (χ0v) is 10.3. The van der Waals surface area contributed by atoms with Crippen molar-refractivity contribution in [3.63, 3.8) is 0 Å². The average Bonchev–Trinajstić information content (AvgIpc) is 2.41. The number of amides is 1. The fourth-order valence-electron chi connectivity index (χ4n) is 2.71. The molecular formula is C15H17NO2. The van der Waals surface area contributed by atoms with Crippen LogP contribution in [-0.4, -0.2) is 11.6 Å². The first-order valence-electron chi connectivity index (χ1n) is 6.55. The summed E-state index contributed by atoms with van der Waals surface area (Å²) in [7, 11) is 0. The van der Waals surface area contributed by atoms with Gasteiger partial charge in [-0.05, 0) is 18.4 Å². The molecule has 1 N–H and O–H groups in total. The van der Waals surface area contributed by atoms with Gasteiger partial charge in [0.25, 0.3) is 5.91 Å². The van der Waals surface area contributed by atoms with E-state index in [0.29, 0.717) is 5.57 Å². The SMILES string of the molecule is O=C1NC2(CCCCC2)OC=C1c1ccccc1. The van der Waals surface area contributed by atoms with Gasteiger partial charge in [-0.2, -0.15) is 0 Å². The van der Waals surface area contributed by atoms with E-state index >= 15 is 0 Å². The molecule has 3 nitrogen and oxygen atoms in total. The Labute approximate surface area is 107 Å². The molecule has 1 heterocycles. The van der Waals surface area contributed by atoms with Crippen molar-refractivity contribution in [2.75, 3.05) is 0 Å². The molecule has 18 heavy (non-hydrogen) atoms. The Morgan fingerprint density at radius 3 is 2.44 bits per heavy atom. The lowest BCUT2D eigenvalue weighted by molar-refractivity contribution is -0.129. The van der Waals surface area contributed by atoms with Crippen LogP contribution in [-0.2, 0) is 9.53 Å². The number of rotatable bonds is 1. The van der Waals surface area contributed by atoms with Gasteiger partial charge in [0, 0.05) is 12.8 Å². The molecular weight excluding hydrogens is 226 g/mol. The molecule has 0 radical (unpaired) electrons. The summed E-state index contributed by atoms with van der Waals surface area (Å²) in [6.07, 6.45) is 6.94. The van der Waals surface area contributed by atoms with Gasteiger partial charge in [-0.3, -0.25) is 4.79 Å². The summed E-state index contributed by atoms with van der Waals surface area (Å²) in [4.78, 5) is 12.2. The highest BCUT2D eigenvalue weighted by Gasteiger charge is 2.38. The van der Waals surface area contributed by atoms with Crippen molar-refractivity contribution >= 4 is 11.5 Å². The minimum absolute atomic E-state index is 0.0191. The van der Waals surface area contributed by atoms with Crippen LogP contribution in [0.1, 0.15) is 37.7 Å². The van der Waals surface area contributed by atoms with E-state index in [2.05, 4.69) is 5.32 Å². The Kier molecular flexibility index (Phi) is 2.82. The molecule has 2 aliphatic rings. The highest BCUT2D eigenvalue weighted by Crippen LogP contribution is 2.33. The maximum atomic E-state index is 12.2. The smallest absolute Gasteiger partial charge is 0.258 e. The van der Waals surface area contributed by atoms with Crippen molar-refractivity contribution in [1.29, 1.82) is 0 Å². The van der Waals surface area contributed by atoms with E-state index in [9.17, 15) is 4.79 Å². The van der Waals surface area contributed by atoms with Gasteiger partial charge in [-0.25, -0.2) is 0 Å². The second kappa shape index (κ2) is 4.48. The molecule has 0 aromatic heterocycles. The number of hydrogen-bond donors (Lipinski definition) is 1. The molecule has 0 unspecified atom stereocenters. The molecule has 94 valence electrons. The number of nitrogens with one attached hydrogen (secondary N) is 1. The lowest BCUT2D eigenvalue weighted by Gasteiger charge is -2.39. The van der Waals surface area contributed by atoms with Crippen molar-refractivity contribution < 1.29 is 9.53 Å². The normalized spacial score (nSPS) is 22.0. The molecule has 0 atom stereocenters. The molecule has 1 fully saturated rings. The lowest BCUT2D eigenvalue weighted by atomic mass is 9.90. The highest BCUT2D eigenvalue weighted by molar-refractivity contribution is 6.19. The van der Waals surface area contributed by atoms with Crippen LogP contribution >= 0.6 is 0 Å². The molecule has 1 saturated carbocycles. The van der Waals surface area contributed by atoms with Gasteiger partial charge in [-0.1, -0.05) is 36.8 Å². The predicted octanol–water partition coefficient (Wildman–Crippen LogP) is 2.83. The standard InChI is InChI=1S/C15H17NO2/c17-14-13(12-7-3-1-4-8-12)11-18-15(16-14)9-5-2-6-10-15/h1,3-4,7-8,11H,2,5-6,9-10H2,(H,16,17). The Morgan fingerprint density at radius 2 is 1.78 bits per heavy atom. The predicted molar refractivity (Wildman–Crippen MR) is 69.5 cm³/mol. The van der Waals surface area contributed by atoms with Crippen LogP contribution in [0.3, 0.4) is 0 Å². The zero-order valence-electron chi connectivity index (χ0n) is 10.3. The molecule has 3 heteroatoms. The molecule has 0 saturated heterocycles. The summed E-state index contributed by atoms with van der Waals surface area (Å²) < 4.78 is 5.85. The number of benzene rings is 1. The summed E-state index contributed by atoms with van der Waals surface area (Å²) in [5.41, 5.74) is 1.08. The maximum Gasteiger partial charge on any atom is 0.258 e. The summed E-state index contributed by atoms with van der Waals surface area (Å²) in [5.74, 6) is -0.0191. The molecule has 1 aliphatic carbocycles. The first kappa shape index (κ1) is 11.3. The van der Waals surface area contributed by atoms with Crippen LogP contribution in [0.2, 0.25) is 0 Å². The number of carbonyl (C=O) groups is 1. The van der Waals surface area contributed by atoms with E-state index < -0.39 is 5.72 Å². The van der Waals surface area contributed by atoms with Crippen molar-refractivity contribution in [2.45, 2.75) is 37.8 Å². The molecule has 1 aliphatic heterocycles. The van der Waals surface area contributed by atoms with Crippen LogP contribution in [0.5, 0.6) is 0 Å². The van der Waals surface area contributed by atoms with E-state index in [4.69, 9.17) is 4.74 Å². The van der Waals surface area contributed by atoms with Crippen molar-refractivity contribution in [3.8, 4) is 0 Å². The van der Waals surface area contributed by atoms with E-state index in [1.807, 2.05) is 30.3 Å². The second-order valence-electron chi connectivity index (χ2n) is 5.02. The lowest BCUT2D eigenvalue weighted by Crippen LogP contribution is -2.53. The van der Waals surface area contributed by atoms with Crippen LogP contribution < -0.4 is 5.32 Å². The third kappa shape index (κ3) is 2.01. The van der Waals surface area contributed by atoms with Gasteiger partial charge >= 0.3 is 0 Å². The minimum atomic E-state index is -0.437. The number of hydrogen-bond acceptors (Lipinski definition) is 2. The Morgan fingerprint density at radius 1 is 1.06 bits per heavy atom. The first-order valence-corrected chi connectivity index (χ1v) is 6.55. The van der Waals surface area contributed by atoms with Gasteiger partial charge in [0.1, 0.15) is 0 Å². The third-order valence-corrected chi connectivity index (χ3v) is 3.73. The van der Waals surface area contributed by atoms with Gasteiger partial charge in [0.15, 0.2) is 5.72 Å². The fourth-order valence-corrected chi connectivity index (χ4v) is 2.71. The quantitative estimate of drug-likeness (QED) is 0.823. The van der Waals surface area contributed by atoms with Gasteiger partial charge < -0.3 is 10.1 Å². The molecule has 0 bridgehead atoms. The van der Waals surface area contributed by atoms with Crippen LogP contribution in [0.25, 0.3) is 5.57 Å². The van der Waals surface area contributed by atoms with Gasteiger partial charge in [0.2, 0.25) is 0 Å². The maximum absolute atomic E-state index is 12.2. The third-order valence-electron chi connectivity index (χ3n) is 3.73. The zero-order chi connectivity index (χ0) is 12.4. The minimum Gasteiger partial charge on any atom is -0.475 e. The fraction of sp³-hybridized carbons (Fsp3) is 0.400. The highest BCUT2D eigenvalue weighted by atomic mass is 16.5. The van der Waals surface area contributed by atoms with E-state index in [-0.39, 0.29) is 5.91 Å². The van der Waals surface area contributed by atoms with Gasteiger partial charge in [-0.15, -0.1) is 0 Å². The topological polar surface area (TPSA) is 38.3 Å². The number of carbonyl (C=O) groups excluding carboxylic acids is 1. The number of ether oxygens (including phenoxy) is 1. The molecule has 3 rings (SSSR count). The first-order chi connectivity index (χ1) is 8.79. The largest absolute Gasteiger partial charge is 0.475 e. The van der Waals surface area contributed by atoms with E-state index in [1.165, 1.54) is 6.42 Å². The summed E-state index contributed by atoms with van der Waals surface area (Å²) in [6, 6.07) is 9.64. The second-order valence-corrected chi connectivity index (χ2v) is 5.02. The van der Waals surface area contributed by atoms with Crippen LogP contribution in [0.15, 0.2) is 36.6 Å².